The van der Waals surface area contributed by atoms with E-state index in [0.717, 1.165) is 5.56 Å². The minimum absolute atomic E-state index is 0.253. The number of anilines is 1. The third kappa shape index (κ3) is 4.11. The highest BCUT2D eigenvalue weighted by Crippen LogP contribution is 2.20. The molecule has 0 fully saturated rings. The molecule has 24 heavy (non-hydrogen) atoms. The van der Waals surface area contributed by atoms with Gasteiger partial charge in [0.1, 0.15) is 17.4 Å². The Hall–Kier alpha value is -3.33. The van der Waals surface area contributed by atoms with Crippen LogP contribution in [0.15, 0.2) is 42.5 Å². The Morgan fingerprint density at radius 1 is 1.21 bits per heavy atom. The van der Waals surface area contributed by atoms with Crippen LogP contribution in [-0.2, 0) is 9.53 Å². The van der Waals surface area contributed by atoms with Crippen molar-refractivity contribution in [3.05, 3.63) is 59.2 Å². The molecule has 0 aromatic heterocycles. The smallest absolute Gasteiger partial charge is 0.342 e. The monoisotopic (exact) mass is 324 g/mol. The van der Waals surface area contributed by atoms with Gasteiger partial charge in [-0.2, -0.15) is 5.26 Å². The zero-order valence-electron chi connectivity index (χ0n) is 13.3. The summed E-state index contributed by atoms with van der Waals surface area (Å²) in [6.45, 7) is 1.37. The summed E-state index contributed by atoms with van der Waals surface area (Å²) in [4.78, 5) is 24.0. The molecule has 0 radical (unpaired) electrons. The molecule has 2 aromatic carbocycles. The van der Waals surface area contributed by atoms with Crippen molar-refractivity contribution in [3.63, 3.8) is 0 Å². The van der Waals surface area contributed by atoms with E-state index >= 15 is 0 Å². The van der Waals surface area contributed by atoms with E-state index in [2.05, 4.69) is 5.32 Å². The molecule has 0 saturated heterocycles. The zero-order chi connectivity index (χ0) is 17.5. The Morgan fingerprint density at radius 2 is 1.96 bits per heavy atom. The Morgan fingerprint density at radius 3 is 2.67 bits per heavy atom. The summed E-state index contributed by atoms with van der Waals surface area (Å²) in [5.41, 5.74) is 1.82. The third-order valence-electron chi connectivity index (χ3n) is 3.23. The Labute approximate surface area is 139 Å². The number of methoxy groups -OCH3 is 1. The molecular weight excluding hydrogens is 308 g/mol. The summed E-state index contributed by atoms with van der Waals surface area (Å²) < 4.78 is 10.1. The summed E-state index contributed by atoms with van der Waals surface area (Å²) in [5, 5.41) is 11.5. The summed E-state index contributed by atoms with van der Waals surface area (Å²) in [5.74, 6) is -0.808. The Bertz CT molecular complexity index is 809. The number of esters is 1. The number of amides is 1. The minimum atomic E-state index is -0.653. The minimum Gasteiger partial charge on any atom is -0.496 e. The fourth-order valence-electron chi connectivity index (χ4n) is 2.07. The normalized spacial score (nSPS) is 9.71. The van der Waals surface area contributed by atoms with Gasteiger partial charge in [-0.1, -0.05) is 23.8 Å². The second kappa shape index (κ2) is 7.79. The summed E-state index contributed by atoms with van der Waals surface area (Å²) in [6, 6.07) is 13.6. The van der Waals surface area contributed by atoms with E-state index in [1.807, 2.05) is 13.0 Å². The van der Waals surface area contributed by atoms with Gasteiger partial charge in [0.05, 0.1) is 18.4 Å². The molecule has 0 unspecified atom stereocenters. The van der Waals surface area contributed by atoms with Gasteiger partial charge in [-0.3, -0.25) is 4.79 Å². The molecule has 0 aliphatic heterocycles. The topological polar surface area (TPSA) is 88.4 Å². The zero-order valence-corrected chi connectivity index (χ0v) is 13.3. The number of hydrogen-bond donors (Lipinski definition) is 1. The van der Waals surface area contributed by atoms with Gasteiger partial charge in [0.25, 0.3) is 5.91 Å². The van der Waals surface area contributed by atoms with E-state index in [1.165, 1.54) is 7.11 Å². The van der Waals surface area contributed by atoms with Crippen LogP contribution in [0.2, 0.25) is 0 Å². The molecule has 0 heterocycles. The van der Waals surface area contributed by atoms with Crippen molar-refractivity contribution < 1.29 is 19.1 Å². The van der Waals surface area contributed by atoms with Gasteiger partial charge in [0.15, 0.2) is 6.61 Å². The lowest BCUT2D eigenvalue weighted by Crippen LogP contribution is -2.21. The number of aryl methyl sites for hydroxylation is 1. The van der Waals surface area contributed by atoms with Gasteiger partial charge in [0, 0.05) is 0 Å². The van der Waals surface area contributed by atoms with E-state index in [4.69, 9.17) is 14.7 Å². The lowest BCUT2D eigenvalue weighted by Gasteiger charge is -2.10. The fraction of sp³-hybridized carbons (Fsp3) is 0.167. The molecule has 1 amide bonds. The molecule has 6 nitrogen and oxygen atoms in total. The average Bonchev–Trinajstić information content (AvgIpc) is 2.60. The second-order valence-corrected chi connectivity index (χ2v) is 4.99. The maximum Gasteiger partial charge on any atom is 0.342 e. The molecule has 0 bridgehead atoms. The van der Waals surface area contributed by atoms with Gasteiger partial charge in [-0.25, -0.2) is 4.79 Å². The quantitative estimate of drug-likeness (QED) is 0.854. The number of rotatable bonds is 5. The highest BCUT2D eigenvalue weighted by molar-refractivity contribution is 5.97. The van der Waals surface area contributed by atoms with Crippen LogP contribution in [0.25, 0.3) is 0 Å². The number of hydrogen-bond acceptors (Lipinski definition) is 5. The van der Waals surface area contributed by atoms with Gasteiger partial charge >= 0.3 is 5.97 Å². The Balaban J connectivity index is 2.00. The predicted molar refractivity (Wildman–Crippen MR) is 87.8 cm³/mol. The highest BCUT2D eigenvalue weighted by Gasteiger charge is 2.16. The molecule has 0 aliphatic carbocycles. The molecule has 2 aromatic rings. The average molecular weight is 324 g/mol. The van der Waals surface area contributed by atoms with Crippen LogP contribution in [0.1, 0.15) is 21.5 Å². The van der Waals surface area contributed by atoms with Crippen LogP contribution in [-0.4, -0.2) is 25.6 Å². The van der Waals surface area contributed by atoms with Crippen LogP contribution in [0.4, 0.5) is 5.69 Å². The van der Waals surface area contributed by atoms with Crippen molar-refractivity contribution >= 4 is 17.6 Å². The molecule has 122 valence electrons. The van der Waals surface area contributed by atoms with Crippen molar-refractivity contribution in [1.82, 2.24) is 0 Å². The maximum absolute atomic E-state index is 12.1. The van der Waals surface area contributed by atoms with Crippen molar-refractivity contribution in [2.24, 2.45) is 0 Å². The van der Waals surface area contributed by atoms with Gasteiger partial charge in [0.2, 0.25) is 0 Å². The third-order valence-corrected chi connectivity index (χ3v) is 3.23. The van der Waals surface area contributed by atoms with Crippen molar-refractivity contribution in [2.45, 2.75) is 6.92 Å². The summed E-state index contributed by atoms with van der Waals surface area (Å²) in [7, 11) is 1.45. The van der Waals surface area contributed by atoms with Crippen LogP contribution in [0.3, 0.4) is 0 Å². The number of benzene rings is 2. The van der Waals surface area contributed by atoms with Gasteiger partial charge in [-0.05, 0) is 31.2 Å². The first-order valence-electron chi connectivity index (χ1n) is 7.16. The fourth-order valence-corrected chi connectivity index (χ4v) is 2.07. The molecule has 1 N–H and O–H groups in total. The number of nitrogens with zero attached hydrogens (tertiary/aromatic N) is 1. The van der Waals surface area contributed by atoms with Crippen molar-refractivity contribution in [3.8, 4) is 11.8 Å². The van der Waals surface area contributed by atoms with Gasteiger partial charge in [-0.15, -0.1) is 0 Å². The number of nitrogens with one attached hydrogen (secondary N) is 1. The van der Waals surface area contributed by atoms with E-state index in [9.17, 15) is 9.59 Å². The lowest BCUT2D eigenvalue weighted by molar-refractivity contribution is -0.119. The van der Waals surface area contributed by atoms with Crippen molar-refractivity contribution in [1.29, 1.82) is 5.26 Å². The summed E-state index contributed by atoms with van der Waals surface area (Å²) >= 11 is 0. The highest BCUT2D eigenvalue weighted by atomic mass is 16.5. The standard InChI is InChI=1S/C18H16N2O4/c1-12-7-8-16(23-2)14(9-12)18(22)24-11-17(21)20-15-6-4-3-5-13(15)10-19/h3-9H,11H2,1-2H3,(H,20,21). The number of ether oxygens (including phenoxy) is 2. The SMILES string of the molecule is COc1ccc(C)cc1C(=O)OCC(=O)Nc1ccccc1C#N. The van der Waals surface area contributed by atoms with E-state index in [-0.39, 0.29) is 5.56 Å². The van der Waals surface area contributed by atoms with Crippen LogP contribution < -0.4 is 10.1 Å². The first-order valence-corrected chi connectivity index (χ1v) is 7.16. The largest absolute Gasteiger partial charge is 0.496 e. The molecule has 0 saturated carbocycles. The van der Waals surface area contributed by atoms with Crippen molar-refractivity contribution in [2.75, 3.05) is 19.0 Å². The molecule has 0 atom stereocenters. The molecule has 0 spiro atoms. The number of nitriles is 1. The Kier molecular flexibility index (Phi) is 5.53. The molecule has 6 heteroatoms. The van der Waals surface area contributed by atoms with Crippen LogP contribution in [0.5, 0.6) is 5.75 Å². The van der Waals surface area contributed by atoms with E-state index in [1.54, 1.807) is 42.5 Å². The maximum atomic E-state index is 12.1. The van der Waals surface area contributed by atoms with Gasteiger partial charge < -0.3 is 14.8 Å². The molecule has 0 aliphatic rings. The number of para-hydroxylation sites is 1. The van der Waals surface area contributed by atoms with E-state index in [0.29, 0.717) is 17.0 Å². The van der Waals surface area contributed by atoms with Crippen LogP contribution >= 0.6 is 0 Å². The second-order valence-electron chi connectivity index (χ2n) is 4.99. The van der Waals surface area contributed by atoms with E-state index < -0.39 is 18.5 Å². The number of carbonyl (C=O) groups excluding carboxylic acids is 2. The van der Waals surface area contributed by atoms with Crippen LogP contribution in [0, 0.1) is 18.3 Å². The molecule has 2 rings (SSSR count). The predicted octanol–water partition coefficient (Wildman–Crippen LogP) is 2.67. The first-order chi connectivity index (χ1) is 11.5. The lowest BCUT2D eigenvalue weighted by atomic mass is 10.1. The number of carbonyl (C=O) groups is 2. The first kappa shape index (κ1) is 17.0. The summed E-state index contributed by atoms with van der Waals surface area (Å²) in [6.07, 6.45) is 0. The molecular formula is C18H16N2O4.